The molecule has 2 heteroatoms. The van der Waals surface area contributed by atoms with Crippen molar-refractivity contribution in [2.45, 2.75) is 26.2 Å². The lowest BCUT2D eigenvalue weighted by Gasteiger charge is -2.08. The molecule has 0 unspecified atom stereocenters. The van der Waals surface area contributed by atoms with Gasteiger partial charge >= 0.3 is 0 Å². The van der Waals surface area contributed by atoms with Crippen molar-refractivity contribution >= 4 is 0 Å². The molecule has 0 atom stereocenters. The van der Waals surface area contributed by atoms with E-state index in [0.29, 0.717) is 6.61 Å². The second-order valence-electron chi connectivity index (χ2n) is 4.64. The van der Waals surface area contributed by atoms with Crippen LogP contribution < -0.4 is 4.74 Å². The smallest absolute Gasteiger partial charge is 0.126 e. The Labute approximate surface area is 114 Å². The van der Waals surface area contributed by atoms with Gasteiger partial charge in [-0.25, -0.2) is 4.39 Å². The normalized spacial score (nSPS) is 10.4. The van der Waals surface area contributed by atoms with Gasteiger partial charge < -0.3 is 4.74 Å². The molecule has 100 valence electrons. The lowest BCUT2D eigenvalue weighted by atomic mass is 10.0. The molecular weight excluding hydrogens is 239 g/mol. The van der Waals surface area contributed by atoms with Gasteiger partial charge in [0.05, 0.1) is 6.61 Å². The Bertz CT molecular complexity index is 508. The second-order valence-corrected chi connectivity index (χ2v) is 4.64. The first-order chi connectivity index (χ1) is 9.27. The van der Waals surface area contributed by atoms with Gasteiger partial charge in [-0.1, -0.05) is 30.3 Å². The molecule has 0 aliphatic carbocycles. The summed E-state index contributed by atoms with van der Waals surface area (Å²) in [5, 5.41) is 0. The molecular formula is C17H19FO. The van der Waals surface area contributed by atoms with Crippen LogP contribution in [0, 0.1) is 12.7 Å². The summed E-state index contributed by atoms with van der Waals surface area (Å²) in [4.78, 5) is 0. The fraction of sp³-hybridized carbons (Fsp3) is 0.294. The van der Waals surface area contributed by atoms with Crippen LogP contribution >= 0.6 is 0 Å². The van der Waals surface area contributed by atoms with Gasteiger partial charge in [0.1, 0.15) is 11.6 Å². The van der Waals surface area contributed by atoms with Gasteiger partial charge in [-0.2, -0.15) is 0 Å². The molecule has 0 bridgehead atoms. The third-order valence-electron chi connectivity index (χ3n) is 3.23. The molecule has 0 heterocycles. The van der Waals surface area contributed by atoms with Gasteiger partial charge in [0, 0.05) is 0 Å². The van der Waals surface area contributed by atoms with Crippen LogP contribution in [-0.2, 0) is 6.42 Å². The summed E-state index contributed by atoms with van der Waals surface area (Å²) in [6.07, 6.45) is 2.89. The molecule has 1 nitrogen and oxygen atoms in total. The van der Waals surface area contributed by atoms with Gasteiger partial charge in [0.25, 0.3) is 0 Å². The predicted octanol–water partition coefficient (Wildman–Crippen LogP) is 4.54. The Kier molecular flexibility index (Phi) is 4.96. The SMILES string of the molecule is Cc1c(F)cccc1CCCCOc1ccccc1. The van der Waals surface area contributed by atoms with E-state index in [0.717, 1.165) is 36.1 Å². The minimum atomic E-state index is -0.113. The van der Waals surface area contributed by atoms with Crippen molar-refractivity contribution in [1.29, 1.82) is 0 Å². The van der Waals surface area contributed by atoms with Gasteiger partial charge in [-0.05, 0) is 55.5 Å². The lowest BCUT2D eigenvalue weighted by Crippen LogP contribution is -1.99. The molecule has 0 saturated heterocycles. The van der Waals surface area contributed by atoms with Crippen molar-refractivity contribution in [2.75, 3.05) is 6.61 Å². The zero-order chi connectivity index (χ0) is 13.5. The predicted molar refractivity (Wildman–Crippen MR) is 76.0 cm³/mol. The van der Waals surface area contributed by atoms with E-state index in [2.05, 4.69) is 0 Å². The molecule has 2 rings (SSSR count). The molecule has 0 saturated carbocycles. The maximum absolute atomic E-state index is 13.4. The highest BCUT2D eigenvalue weighted by atomic mass is 19.1. The zero-order valence-corrected chi connectivity index (χ0v) is 11.2. The first-order valence-corrected chi connectivity index (χ1v) is 6.69. The average Bonchev–Trinajstić information content (AvgIpc) is 2.44. The quantitative estimate of drug-likeness (QED) is 0.691. The first-order valence-electron chi connectivity index (χ1n) is 6.69. The van der Waals surface area contributed by atoms with Crippen LogP contribution in [0.1, 0.15) is 24.0 Å². The van der Waals surface area contributed by atoms with Gasteiger partial charge in [0.15, 0.2) is 0 Å². The molecule has 0 aliphatic rings. The molecule has 0 aliphatic heterocycles. The fourth-order valence-electron chi connectivity index (χ4n) is 2.05. The van der Waals surface area contributed by atoms with Crippen LogP contribution in [0.3, 0.4) is 0 Å². The van der Waals surface area contributed by atoms with Crippen LogP contribution in [0.4, 0.5) is 4.39 Å². The number of para-hydroxylation sites is 1. The summed E-state index contributed by atoms with van der Waals surface area (Å²) in [7, 11) is 0. The summed E-state index contributed by atoms with van der Waals surface area (Å²) in [5.74, 6) is 0.794. The minimum absolute atomic E-state index is 0.113. The zero-order valence-electron chi connectivity index (χ0n) is 11.2. The largest absolute Gasteiger partial charge is 0.494 e. The number of ether oxygens (including phenoxy) is 1. The van der Waals surface area contributed by atoms with Crippen LogP contribution in [0.5, 0.6) is 5.75 Å². The molecule has 0 N–H and O–H groups in total. The van der Waals surface area contributed by atoms with E-state index < -0.39 is 0 Å². The Morgan fingerprint density at radius 3 is 2.53 bits per heavy atom. The van der Waals surface area contributed by atoms with E-state index in [1.165, 1.54) is 6.07 Å². The molecule has 0 fully saturated rings. The number of benzene rings is 2. The highest BCUT2D eigenvalue weighted by Crippen LogP contribution is 2.15. The van der Waals surface area contributed by atoms with Crippen LogP contribution in [0.2, 0.25) is 0 Å². The van der Waals surface area contributed by atoms with Crippen molar-refractivity contribution in [3.05, 3.63) is 65.5 Å². The molecule has 2 aromatic rings. The van der Waals surface area contributed by atoms with Crippen molar-refractivity contribution in [1.82, 2.24) is 0 Å². The Hall–Kier alpha value is -1.83. The topological polar surface area (TPSA) is 9.23 Å². The Balaban J connectivity index is 1.71. The van der Waals surface area contributed by atoms with E-state index in [1.807, 2.05) is 43.3 Å². The molecule has 0 spiro atoms. The van der Waals surface area contributed by atoms with Crippen LogP contribution in [0.15, 0.2) is 48.5 Å². The van der Waals surface area contributed by atoms with Crippen molar-refractivity contribution < 1.29 is 9.13 Å². The number of unbranched alkanes of at least 4 members (excludes halogenated alkanes) is 1. The first kappa shape index (κ1) is 13.6. The second kappa shape index (κ2) is 6.93. The standard InChI is InChI=1S/C17H19FO/c1-14-15(9-7-12-17(14)18)8-5-6-13-19-16-10-3-2-4-11-16/h2-4,7,9-12H,5-6,8,13H2,1H3. The summed E-state index contributed by atoms with van der Waals surface area (Å²) >= 11 is 0. The van der Waals surface area contributed by atoms with Crippen molar-refractivity contribution in [2.24, 2.45) is 0 Å². The summed E-state index contributed by atoms with van der Waals surface area (Å²) in [6.45, 7) is 2.55. The van der Waals surface area contributed by atoms with E-state index in [-0.39, 0.29) is 5.82 Å². The average molecular weight is 258 g/mol. The molecule has 0 radical (unpaired) electrons. The van der Waals surface area contributed by atoms with E-state index in [1.54, 1.807) is 6.07 Å². The van der Waals surface area contributed by atoms with Crippen molar-refractivity contribution in [3.8, 4) is 5.75 Å². The van der Waals surface area contributed by atoms with Crippen LogP contribution in [-0.4, -0.2) is 6.61 Å². The number of aryl methyl sites for hydroxylation is 1. The minimum Gasteiger partial charge on any atom is -0.494 e. The highest BCUT2D eigenvalue weighted by molar-refractivity contribution is 5.27. The van der Waals surface area contributed by atoms with Crippen LogP contribution in [0.25, 0.3) is 0 Å². The number of halogens is 1. The van der Waals surface area contributed by atoms with E-state index in [9.17, 15) is 4.39 Å². The number of rotatable bonds is 6. The monoisotopic (exact) mass is 258 g/mol. The fourth-order valence-corrected chi connectivity index (χ4v) is 2.05. The molecule has 19 heavy (non-hydrogen) atoms. The van der Waals surface area contributed by atoms with Gasteiger partial charge in [0.2, 0.25) is 0 Å². The third-order valence-corrected chi connectivity index (χ3v) is 3.23. The third kappa shape index (κ3) is 4.09. The number of hydrogen-bond donors (Lipinski definition) is 0. The molecule has 0 amide bonds. The van der Waals surface area contributed by atoms with Gasteiger partial charge in [-0.3, -0.25) is 0 Å². The Morgan fingerprint density at radius 1 is 0.947 bits per heavy atom. The maximum atomic E-state index is 13.4. The molecule has 2 aromatic carbocycles. The van der Waals surface area contributed by atoms with Crippen molar-refractivity contribution in [3.63, 3.8) is 0 Å². The lowest BCUT2D eigenvalue weighted by molar-refractivity contribution is 0.307. The maximum Gasteiger partial charge on any atom is 0.126 e. The van der Waals surface area contributed by atoms with E-state index in [4.69, 9.17) is 4.74 Å². The highest BCUT2D eigenvalue weighted by Gasteiger charge is 2.02. The molecule has 0 aromatic heterocycles. The Morgan fingerprint density at radius 2 is 1.74 bits per heavy atom. The van der Waals surface area contributed by atoms with Gasteiger partial charge in [-0.15, -0.1) is 0 Å². The summed E-state index contributed by atoms with van der Waals surface area (Å²) in [5.41, 5.74) is 1.87. The summed E-state index contributed by atoms with van der Waals surface area (Å²) < 4.78 is 19.0. The number of hydrogen-bond acceptors (Lipinski definition) is 1. The van der Waals surface area contributed by atoms with E-state index >= 15 is 0 Å². The summed E-state index contributed by atoms with van der Waals surface area (Å²) in [6, 6.07) is 15.1.